The molecule has 4 heteroatoms. The van der Waals surface area contributed by atoms with E-state index in [1.807, 2.05) is 13.8 Å². The third kappa shape index (κ3) is 4.08. The lowest BCUT2D eigenvalue weighted by Gasteiger charge is -2.14. The zero-order valence-electron chi connectivity index (χ0n) is 9.41. The summed E-state index contributed by atoms with van der Waals surface area (Å²) in [6.45, 7) is 4.31. The number of halogens is 2. The molecule has 2 nitrogen and oxygen atoms in total. The Balaban J connectivity index is 2.55. The molecule has 0 fully saturated rings. The van der Waals surface area contributed by atoms with Gasteiger partial charge in [-0.1, -0.05) is 17.7 Å². The molecule has 16 heavy (non-hydrogen) atoms. The van der Waals surface area contributed by atoms with Gasteiger partial charge in [0.1, 0.15) is 5.82 Å². The summed E-state index contributed by atoms with van der Waals surface area (Å²) in [5, 5.41) is 10.1. The first-order valence-electron chi connectivity index (χ1n) is 5.25. The monoisotopic (exact) mass is 246 g/mol. The fourth-order valence-electron chi connectivity index (χ4n) is 1.34. The van der Waals surface area contributed by atoms with E-state index in [4.69, 9.17) is 16.3 Å². The molecule has 0 aliphatic heterocycles. The molecule has 1 aromatic rings. The van der Waals surface area contributed by atoms with E-state index < -0.39 is 11.9 Å². The lowest BCUT2D eigenvalue weighted by atomic mass is 10.1. The van der Waals surface area contributed by atoms with E-state index in [0.29, 0.717) is 18.6 Å². The maximum Gasteiger partial charge on any atom is 0.124 e. The van der Waals surface area contributed by atoms with Crippen molar-refractivity contribution >= 4 is 11.6 Å². The molecule has 0 radical (unpaired) electrons. The number of hydrogen-bond donors (Lipinski definition) is 1. The molecule has 1 aromatic carbocycles. The summed E-state index contributed by atoms with van der Waals surface area (Å²) < 4.78 is 18.1. The average molecular weight is 247 g/mol. The van der Waals surface area contributed by atoms with Crippen LogP contribution in [-0.4, -0.2) is 17.8 Å². The molecule has 1 N–H and O–H groups in total. The van der Waals surface area contributed by atoms with Crippen LogP contribution in [-0.2, 0) is 4.74 Å². The van der Waals surface area contributed by atoms with Gasteiger partial charge in [0.15, 0.2) is 0 Å². The number of hydrogen-bond acceptors (Lipinski definition) is 2. The number of ether oxygens (including phenoxy) is 1. The third-order valence-corrected chi connectivity index (χ3v) is 2.49. The minimum atomic E-state index is -0.716. The van der Waals surface area contributed by atoms with Gasteiger partial charge < -0.3 is 9.84 Å². The van der Waals surface area contributed by atoms with Crippen LogP contribution in [0.1, 0.15) is 31.9 Å². The summed E-state index contributed by atoms with van der Waals surface area (Å²) in [6, 6.07) is 3.98. The van der Waals surface area contributed by atoms with Gasteiger partial charge in [0.25, 0.3) is 0 Å². The van der Waals surface area contributed by atoms with Crippen molar-refractivity contribution in [3.8, 4) is 0 Å². The lowest BCUT2D eigenvalue weighted by Crippen LogP contribution is -2.08. The van der Waals surface area contributed by atoms with Gasteiger partial charge in [0, 0.05) is 18.1 Å². The van der Waals surface area contributed by atoms with Crippen molar-refractivity contribution in [3.63, 3.8) is 0 Å². The normalized spacial score (nSPS) is 13.1. The Hall–Kier alpha value is -0.640. The summed E-state index contributed by atoms with van der Waals surface area (Å²) in [7, 11) is 0. The summed E-state index contributed by atoms with van der Waals surface area (Å²) >= 11 is 5.83. The van der Waals surface area contributed by atoms with Crippen LogP contribution in [0.3, 0.4) is 0 Å². The lowest BCUT2D eigenvalue weighted by molar-refractivity contribution is 0.0466. The minimum absolute atomic E-state index is 0.135. The first-order valence-corrected chi connectivity index (χ1v) is 5.63. The highest BCUT2D eigenvalue weighted by molar-refractivity contribution is 6.31. The van der Waals surface area contributed by atoms with Crippen LogP contribution >= 0.6 is 11.6 Å². The molecule has 0 aliphatic rings. The maximum absolute atomic E-state index is 12.8. The highest BCUT2D eigenvalue weighted by Gasteiger charge is 2.12. The molecule has 1 rings (SSSR count). The molecule has 0 aliphatic carbocycles. The van der Waals surface area contributed by atoms with Crippen LogP contribution in [0.5, 0.6) is 0 Å². The van der Waals surface area contributed by atoms with Crippen molar-refractivity contribution in [1.82, 2.24) is 0 Å². The average Bonchev–Trinajstić information content (AvgIpc) is 2.16. The first-order chi connectivity index (χ1) is 7.50. The Morgan fingerprint density at radius 1 is 1.44 bits per heavy atom. The van der Waals surface area contributed by atoms with E-state index in [2.05, 4.69) is 0 Å². The standard InChI is InChI=1S/C12H16ClFO2/c1-8(2)16-6-5-12(15)10-4-3-9(14)7-11(10)13/h3-4,7-8,12,15H,5-6H2,1-2H3. The van der Waals surface area contributed by atoms with Gasteiger partial charge in [-0.25, -0.2) is 4.39 Å². The van der Waals surface area contributed by atoms with Gasteiger partial charge >= 0.3 is 0 Å². The predicted molar refractivity (Wildman–Crippen MR) is 62.1 cm³/mol. The number of aliphatic hydroxyl groups is 1. The Labute approximate surface area is 100.0 Å². The van der Waals surface area contributed by atoms with Crippen LogP contribution in [0.2, 0.25) is 5.02 Å². The van der Waals surface area contributed by atoms with Crippen LogP contribution in [0.25, 0.3) is 0 Å². The Morgan fingerprint density at radius 2 is 2.12 bits per heavy atom. The molecule has 0 spiro atoms. The predicted octanol–water partition coefficient (Wildman–Crippen LogP) is 3.33. The quantitative estimate of drug-likeness (QED) is 0.864. The highest BCUT2D eigenvalue weighted by atomic mass is 35.5. The molecule has 0 heterocycles. The molecule has 0 saturated heterocycles. The number of aliphatic hydroxyl groups excluding tert-OH is 1. The van der Waals surface area contributed by atoms with E-state index in [0.717, 1.165) is 0 Å². The fourth-order valence-corrected chi connectivity index (χ4v) is 1.64. The second-order valence-corrected chi connectivity index (χ2v) is 4.30. The van der Waals surface area contributed by atoms with Crippen molar-refractivity contribution in [3.05, 3.63) is 34.6 Å². The molecular weight excluding hydrogens is 231 g/mol. The van der Waals surface area contributed by atoms with Crippen LogP contribution in [0.4, 0.5) is 4.39 Å². The molecule has 0 aromatic heterocycles. The van der Waals surface area contributed by atoms with Gasteiger partial charge in [-0.3, -0.25) is 0 Å². The maximum atomic E-state index is 12.8. The smallest absolute Gasteiger partial charge is 0.124 e. The summed E-state index contributed by atoms with van der Waals surface area (Å²) in [6.07, 6.45) is -0.133. The molecule has 90 valence electrons. The van der Waals surface area contributed by atoms with E-state index in [1.165, 1.54) is 18.2 Å². The van der Waals surface area contributed by atoms with Crippen molar-refractivity contribution in [2.24, 2.45) is 0 Å². The molecule has 0 bridgehead atoms. The summed E-state index contributed by atoms with van der Waals surface area (Å²) in [5.74, 6) is -0.403. The summed E-state index contributed by atoms with van der Waals surface area (Å²) in [5.41, 5.74) is 0.537. The molecule has 0 saturated carbocycles. The van der Waals surface area contributed by atoms with Gasteiger partial charge in [-0.05, 0) is 31.5 Å². The zero-order chi connectivity index (χ0) is 12.1. The topological polar surface area (TPSA) is 29.5 Å². The van der Waals surface area contributed by atoms with Gasteiger partial charge in [0.2, 0.25) is 0 Å². The van der Waals surface area contributed by atoms with E-state index in [9.17, 15) is 9.50 Å². The molecule has 0 amide bonds. The highest BCUT2D eigenvalue weighted by Crippen LogP contribution is 2.25. The minimum Gasteiger partial charge on any atom is -0.388 e. The SMILES string of the molecule is CC(C)OCCC(O)c1ccc(F)cc1Cl. The molecule has 1 unspecified atom stereocenters. The van der Waals surface area contributed by atoms with Crippen molar-refractivity contribution in [1.29, 1.82) is 0 Å². The first kappa shape index (κ1) is 13.4. The van der Waals surface area contributed by atoms with Crippen LogP contribution in [0, 0.1) is 5.82 Å². The second kappa shape index (κ2) is 6.18. The third-order valence-electron chi connectivity index (χ3n) is 2.16. The largest absolute Gasteiger partial charge is 0.388 e. The Bertz CT molecular complexity index is 342. The van der Waals surface area contributed by atoms with Crippen molar-refractivity contribution in [2.45, 2.75) is 32.5 Å². The molecule has 1 atom stereocenters. The Kier molecular flexibility index (Phi) is 5.19. The van der Waals surface area contributed by atoms with Crippen molar-refractivity contribution in [2.75, 3.05) is 6.61 Å². The van der Waals surface area contributed by atoms with Gasteiger partial charge in [-0.2, -0.15) is 0 Å². The van der Waals surface area contributed by atoms with Gasteiger partial charge in [0.05, 0.1) is 12.2 Å². The van der Waals surface area contributed by atoms with Crippen LogP contribution < -0.4 is 0 Å². The van der Waals surface area contributed by atoms with E-state index in [-0.39, 0.29) is 11.1 Å². The van der Waals surface area contributed by atoms with E-state index >= 15 is 0 Å². The number of rotatable bonds is 5. The summed E-state index contributed by atoms with van der Waals surface area (Å²) in [4.78, 5) is 0. The Morgan fingerprint density at radius 3 is 2.69 bits per heavy atom. The van der Waals surface area contributed by atoms with Crippen molar-refractivity contribution < 1.29 is 14.2 Å². The zero-order valence-corrected chi connectivity index (χ0v) is 10.2. The fraction of sp³-hybridized carbons (Fsp3) is 0.500. The second-order valence-electron chi connectivity index (χ2n) is 3.89. The number of benzene rings is 1. The van der Waals surface area contributed by atoms with Gasteiger partial charge in [-0.15, -0.1) is 0 Å². The van der Waals surface area contributed by atoms with E-state index in [1.54, 1.807) is 0 Å². The molecular formula is C12H16ClFO2. The van der Waals surface area contributed by atoms with Crippen LogP contribution in [0.15, 0.2) is 18.2 Å².